The SMILES string of the molecule is CCN(C(=O)c1c[nH]n2c(=O)cc(C)nc12)[C@@H](Cc1ccccc1)C(=O)O. The quantitative estimate of drug-likeness (QED) is 0.685. The van der Waals surface area contributed by atoms with Crippen LogP contribution in [-0.4, -0.2) is 49.1 Å². The molecule has 0 aliphatic heterocycles. The normalized spacial score (nSPS) is 12.1. The summed E-state index contributed by atoms with van der Waals surface area (Å²) in [5.74, 6) is -1.58. The van der Waals surface area contributed by atoms with Crippen molar-refractivity contribution in [3.63, 3.8) is 0 Å². The number of carbonyl (C=O) groups is 2. The number of carboxylic acids is 1. The van der Waals surface area contributed by atoms with Crippen molar-refractivity contribution in [1.29, 1.82) is 0 Å². The van der Waals surface area contributed by atoms with Gasteiger partial charge in [0.15, 0.2) is 5.65 Å². The summed E-state index contributed by atoms with van der Waals surface area (Å²) in [6, 6.07) is 9.46. The van der Waals surface area contributed by atoms with Gasteiger partial charge in [0, 0.05) is 30.9 Å². The van der Waals surface area contributed by atoms with Gasteiger partial charge in [0.05, 0.1) is 0 Å². The van der Waals surface area contributed by atoms with Crippen LogP contribution in [0.1, 0.15) is 28.5 Å². The lowest BCUT2D eigenvalue weighted by molar-refractivity contribution is -0.142. The van der Waals surface area contributed by atoms with Crippen LogP contribution in [0, 0.1) is 6.92 Å². The summed E-state index contributed by atoms with van der Waals surface area (Å²) in [5.41, 5.74) is 1.32. The van der Waals surface area contributed by atoms with Crippen molar-refractivity contribution >= 4 is 17.5 Å². The van der Waals surface area contributed by atoms with Crippen molar-refractivity contribution in [2.24, 2.45) is 0 Å². The molecule has 27 heavy (non-hydrogen) atoms. The zero-order valence-electron chi connectivity index (χ0n) is 15.0. The Morgan fingerprint density at radius 3 is 2.63 bits per heavy atom. The number of aromatic nitrogens is 3. The van der Waals surface area contributed by atoms with Gasteiger partial charge >= 0.3 is 5.97 Å². The fraction of sp³-hybridized carbons (Fsp3) is 0.263. The predicted molar refractivity (Wildman–Crippen MR) is 98.8 cm³/mol. The second-order valence-corrected chi connectivity index (χ2v) is 6.22. The van der Waals surface area contributed by atoms with Gasteiger partial charge in [-0.2, -0.15) is 0 Å². The average Bonchev–Trinajstić information content (AvgIpc) is 3.06. The monoisotopic (exact) mass is 368 g/mol. The van der Waals surface area contributed by atoms with E-state index in [2.05, 4.69) is 10.1 Å². The summed E-state index contributed by atoms with van der Waals surface area (Å²) >= 11 is 0. The highest BCUT2D eigenvalue weighted by Gasteiger charge is 2.31. The van der Waals surface area contributed by atoms with Crippen molar-refractivity contribution in [3.05, 3.63) is 69.8 Å². The van der Waals surface area contributed by atoms with Crippen LogP contribution in [-0.2, 0) is 11.2 Å². The molecule has 2 N–H and O–H groups in total. The van der Waals surface area contributed by atoms with Gasteiger partial charge in [-0.15, -0.1) is 0 Å². The number of rotatable bonds is 6. The van der Waals surface area contributed by atoms with E-state index in [1.807, 2.05) is 30.3 Å². The van der Waals surface area contributed by atoms with Crippen LogP contribution in [0.15, 0.2) is 47.4 Å². The standard InChI is InChI=1S/C19H20N4O4/c1-3-22(15(19(26)27)10-13-7-5-4-6-8-13)18(25)14-11-20-23-16(24)9-12(2)21-17(14)23/h4-9,11,15,20H,3,10H2,1-2H3,(H,26,27)/t15-/m0/s1. The first kappa shape index (κ1) is 18.4. The Balaban J connectivity index is 1.99. The topological polar surface area (TPSA) is 108 Å². The summed E-state index contributed by atoms with van der Waals surface area (Å²) in [5, 5.41) is 12.4. The molecule has 8 heteroatoms. The first-order chi connectivity index (χ1) is 12.9. The minimum Gasteiger partial charge on any atom is -0.480 e. The van der Waals surface area contributed by atoms with E-state index in [-0.39, 0.29) is 29.7 Å². The van der Waals surface area contributed by atoms with Crippen LogP contribution < -0.4 is 5.56 Å². The molecule has 0 spiro atoms. The maximum absolute atomic E-state index is 13.1. The first-order valence-corrected chi connectivity index (χ1v) is 8.58. The van der Waals surface area contributed by atoms with Crippen LogP contribution in [0.3, 0.4) is 0 Å². The summed E-state index contributed by atoms with van der Waals surface area (Å²) in [7, 11) is 0. The summed E-state index contributed by atoms with van der Waals surface area (Å²) < 4.78 is 1.17. The fourth-order valence-electron chi connectivity index (χ4n) is 3.08. The molecule has 2 aromatic heterocycles. The molecule has 0 aliphatic rings. The Kier molecular flexibility index (Phi) is 5.07. The van der Waals surface area contributed by atoms with E-state index >= 15 is 0 Å². The van der Waals surface area contributed by atoms with Gasteiger partial charge in [-0.05, 0) is 19.4 Å². The Hall–Kier alpha value is -3.42. The van der Waals surface area contributed by atoms with E-state index in [0.29, 0.717) is 5.69 Å². The number of carbonyl (C=O) groups excluding carboxylic acids is 1. The van der Waals surface area contributed by atoms with Gasteiger partial charge in [0.25, 0.3) is 11.5 Å². The van der Waals surface area contributed by atoms with Crippen LogP contribution >= 0.6 is 0 Å². The number of nitrogens with zero attached hydrogens (tertiary/aromatic N) is 3. The Morgan fingerprint density at radius 1 is 1.30 bits per heavy atom. The molecule has 8 nitrogen and oxygen atoms in total. The number of aliphatic carboxylic acids is 1. The zero-order chi connectivity index (χ0) is 19.6. The molecule has 0 unspecified atom stereocenters. The molecule has 2 heterocycles. The smallest absolute Gasteiger partial charge is 0.326 e. The highest BCUT2D eigenvalue weighted by Crippen LogP contribution is 2.16. The minimum absolute atomic E-state index is 0.164. The van der Waals surface area contributed by atoms with E-state index in [1.165, 1.54) is 21.7 Å². The molecular formula is C19H20N4O4. The summed E-state index contributed by atoms with van der Waals surface area (Å²) in [6.07, 6.45) is 1.57. The number of likely N-dealkylation sites (N-methyl/N-ethyl adjacent to an activating group) is 1. The van der Waals surface area contributed by atoms with Crippen LogP contribution in [0.4, 0.5) is 0 Å². The molecule has 0 aliphatic carbocycles. The van der Waals surface area contributed by atoms with Crippen molar-refractivity contribution in [2.45, 2.75) is 26.3 Å². The lowest BCUT2D eigenvalue weighted by atomic mass is 10.0. The van der Waals surface area contributed by atoms with Gasteiger partial charge < -0.3 is 10.0 Å². The number of benzene rings is 1. The minimum atomic E-state index is -1.09. The van der Waals surface area contributed by atoms with Crippen molar-refractivity contribution in [3.8, 4) is 0 Å². The molecule has 0 radical (unpaired) electrons. The van der Waals surface area contributed by atoms with E-state index in [1.54, 1.807) is 13.8 Å². The van der Waals surface area contributed by atoms with Crippen LogP contribution in [0.5, 0.6) is 0 Å². The molecule has 1 atom stereocenters. The summed E-state index contributed by atoms with van der Waals surface area (Å²) in [4.78, 5) is 42.5. The third-order valence-corrected chi connectivity index (χ3v) is 4.39. The van der Waals surface area contributed by atoms with Crippen LogP contribution in [0.25, 0.3) is 5.65 Å². The number of amides is 1. The number of H-pyrrole nitrogens is 1. The molecular weight excluding hydrogens is 348 g/mol. The highest BCUT2D eigenvalue weighted by atomic mass is 16.4. The van der Waals surface area contributed by atoms with Gasteiger partial charge in [-0.1, -0.05) is 30.3 Å². The zero-order valence-corrected chi connectivity index (χ0v) is 15.0. The number of hydrogen-bond donors (Lipinski definition) is 2. The predicted octanol–water partition coefficient (Wildman–Crippen LogP) is 1.49. The Labute approximate surface area is 155 Å². The molecule has 0 bridgehead atoms. The van der Waals surface area contributed by atoms with Gasteiger partial charge in [0.1, 0.15) is 11.6 Å². The molecule has 0 saturated carbocycles. The average molecular weight is 368 g/mol. The largest absolute Gasteiger partial charge is 0.480 e. The first-order valence-electron chi connectivity index (χ1n) is 8.58. The third-order valence-electron chi connectivity index (χ3n) is 4.39. The number of hydrogen-bond acceptors (Lipinski definition) is 4. The lowest BCUT2D eigenvalue weighted by Gasteiger charge is -2.27. The molecule has 140 valence electrons. The third kappa shape index (κ3) is 3.59. The van der Waals surface area contributed by atoms with Crippen LogP contribution in [0.2, 0.25) is 0 Å². The molecule has 3 aromatic rings. The van der Waals surface area contributed by atoms with Gasteiger partial charge in [-0.3, -0.25) is 14.7 Å². The number of carboxylic acid groups (broad SMARTS) is 1. The van der Waals surface area contributed by atoms with Gasteiger partial charge in [-0.25, -0.2) is 14.3 Å². The van der Waals surface area contributed by atoms with Crippen molar-refractivity contribution in [2.75, 3.05) is 6.54 Å². The second kappa shape index (κ2) is 7.45. The van der Waals surface area contributed by atoms with E-state index in [9.17, 15) is 19.5 Å². The maximum Gasteiger partial charge on any atom is 0.326 e. The second-order valence-electron chi connectivity index (χ2n) is 6.22. The lowest BCUT2D eigenvalue weighted by Crippen LogP contribution is -2.46. The Morgan fingerprint density at radius 2 is 2.00 bits per heavy atom. The number of fused-ring (bicyclic) bond motifs is 1. The van der Waals surface area contributed by atoms with E-state index < -0.39 is 17.9 Å². The maximum atomic E-state index is 13.1. The molecule has 0 saturated heterocycles. The highest BCUT2D eigenvalue weighted by molar-refractivity contribution is 6.01. The van der Waals surface area contributed by atoms with E-state index in [0.717, 1.165) is 5.56 Å². The molecule has 3 rings (SSSR count). The van der Waals surface area contributed by atoms with E-state index in [4.69, 9.17) is 0 Å². The number of nitrogens with one attached hydrogen (secondary N) is 1. The number of aromatic amines is 1. The van der Waals surface area contributed by atoms with Crippen molar-refractivity contribution in [1.82, 2.24) is 19.5 Å². The fourth-order valence-corrected chi connectivity index (χ4v) is 3.08. The molecule has 1 aromatic carbocycles. The molecule has 1 amide bonds. The summed E-state index contributed by atoms with van der Waals surface area (Å²) in [6.45, 7) is 3.59. The Bertz CT molecular complexity index is 1040. The number of aryl methyl sites for hydroxylation is 1. The van der Waals surface area contributed by atoms with Gasteiger partial charge in [0.2, 0.25) is 0 Å². The van der Waals surface area contributed by atoms with Crippen molar-refractivity contribution < 1.29 is 14.7 Å². The molecule has 0 fully saturated rings.